The van der Waals surface area contributed by atoms with E-state index in [1.165, 1.54) is 25.0 Å². The van der Waals surface area contributed by atoms with E-state index in [0.717, 1.165) is 31.6 Å². The number of benzene rings is 1. The minimum Gasteiger partial charge on any atom is -0.264 e. The lowest BCUT2D eigenvalue weighted by Crippen LogP contribution is -2.58. The first-order valence-electron chi connectivity index (χ1n) is 6.61. The second-order valence-electron chi connectivity index (χ2n) is 5.23. The second-order valence-corrected chi connectivity index (χ2v) is 5.23. The van der Waals surface area contributed by atoms with Crippen molar-refractivity contribution >= 4 is 17.3 Å². The molecule has 19 heavy (non-hydrogen) atoms. The van der Waals surface area contributed by atoms with Crippen molar-refractivity contribution in [3.05, 3.63) is 33.9 Å². The molecule has 3 rings (SSSR count). The van der Waals surface area contributed by atoms with Gasteiger partial charge in [-0.05, 0) is 25.7 Å². The van der Waals surface area contributed by atoms with Crippen molar-refractivity contribution in [3.63, 3.8) is 0 Å². The summed E-state index contributed by atoms with van der Waals surface area (Å²) < 4.78 is 0.464. The van der Waals surface area contributed by atoms with Crippen molar-refractivity contribution in [2.24, 2.45) is 0 Å². The van der Waals surface area contributed by atoms with Crippen LogP contribution in [0.3, 0.4) is 0 Å². The molecule has 0 bridgehead atoms. The van der Waals surface area contributed by atoms with Crippen LogP contribution < -0.4 is 10.0 Å². The van der Waals surface area contributed by atoms with Crippen LogP contribution in [-0.2, 0) is 0 Å². The third-order valence-electron chi connectivity index (χ3n) is 4.04. The normalized spacial score (nSPS) is 20.7. The fourth-order valence-electron chi connectivity index (χ4n) is 3.09. The van der Waals surface area contributed by atoms with Crippen molar-refractivity contribution in [2.45, 2.75) is 25.7 Å². The maximum absolute atomic E-state index is 12.1. The van der Waals surface area contributed by atoms with Gasteiger partial charge in [-0.1, -0.05) is 0 Å². The molecule has 1 saturated heterocycles. The Labute approximate surface area is 110 Å². The molecule has 6 nitrogen and oxygen atoms in total. The largest absolute Gasteiger partial charge is 0.302 e. The molecule has 2 aliphatic rings. The molecule has 1 aromatic carbocycles. The van der Waals surface area contributed by atoms with Gasteiger partial charge in [-0.25, -0.2) is 0 Å². The first-order chi connectivity index (χ1) is 9.12. The molecule has 1 aromatic rings. The quantitative estimate of drug-likeness (QED) is 0.478. The molecule has 2 aliphatic heterocycles. The van der Waals surface area contributed by atoms with Gasteiger partial charge in [0.05, 0.1) is 4.92 Å². The van der Waals surface area contributed by atoms with Crippen LogP contribution in [0.4, 0.5) is 11.4 Å². The average molecular weight is 262 g/mol. The Bertz CT molecular complexity index is 548. The predicted octanol–water partition coefficient (Wildman–Crippen LogP) is 2.13. The summed E-state index contributed by atoms with van der Waals surface area (Å²) >= 11 is 0. The van der Waals surface area contributed by atoms with Crippen molar-refractivity contribution < 1.29 is 9.72 Å². The van der Waals surface area contributed by atoms with Gasteiger partial charge in [-0.3, -0.25) is 14.9 Å². The smallest absolute Gasteiger partial charge is 0.264 e. The highest BCUT2D eigenvalue weighted by molar-refractivity contribution is 6.04. The highest BCUT2D eigenvalue weighted by atomic mass is 16.6. The molecule has 1 fully saturated rings. The third kappa shape index (κ3) is 1.88. The van der Waals surface area contributed by atoms with Crippen LogP contribution in [0.15, 0.2) is 18.2 Å². The summed E-state index contributed by atoms with van der Waals surface area (Å²) in [6.07, 6.45) is 4.49. The maximum Gasteiger partial charge on any atom is 0.302 e. The lowest BCUT2D eigenvalue weighted by Gasteiger charge is -2.31. The number of rotatable bonds is 1. The lowest BCUT2D eigenvalue weighted by molar-refractivity contribution is -0.384. The van der Waals surface area contributed by atoms with E-state index < -0.39 is 4.92 Å². The van der Waals surface area contributed by atoms with E-state index in [2.05, 4.69) is 5.43 Å². The van der Waals surface area contributed by atoms with E-state index in [9.17, 15) is 14.9 Å². The van der Waals surface area contributed by atoms with Crippen LogP contribution in [-0.4, -0.2) is 23.9 Å². The fraction of sp³-hybridized carbons (Fsp3) is 0.462. The highest BCUT2D eigenvalue weighted by Crippen LogP contribution is 2.36. The summed E-state index contributed by atoms with van der Waals surface area (Å²) in [5.74, 6) is -0.194. The molecule has 0 saturated carbocycles. The van der Waals surface area contributed by atoms with E-state index in [-0.39, 0.29) is 11.6 Å². The summed E-state index contributed by atoms with van der Waals surface area (Å²) in [6.45, 7) is 1.74. The standard InChI is InChI=1S/C13H15N3O3/c17-13-11-9-10(15(18)19)5-6-12(11)16(14-13)7-3-1-2-4-8-16/h5-6,9H,1-4,7-8H2/p+1. The molecule has 0 unspecified atom stereocenters. The van der Waals surface area contributed by atoms with Crippen LogP contribution in [0.5, 0.6) is 0 Å². The highest BCUT2D eigenvalue weighted by Gasteiger charge is 2.44. The Hall–Kier alpha value is -1.95. The van der Waals surface area contributed by atoms with Crippen LogP contribution in [0.1, 0.15) is 36.0 Å². The molecule has 0 radical (unpaired) electrons. The van der Waals surface area contributed by atoms with Gasteiger partial charge in [0.2, 0.25) is 0 Å². The van der Waals surface area contributed by atoms with Crippen LogP contribution in [0.2, 0.25) is 0 Å². The van der Waals surface area contributed by atoms with Crippen molar-refractivity contribution in [2.75, 3.05) is 13.1 Å². The minimum absolute atomic E-state index is 0.0243. The van der Waals surface area contributed by atoms with Gasteiger partial charge >= 0.3 is 5.91 Å². The minimum atomic E-state index is -0.460. The predicted molar refractivity (Wildman–Crippen MR) is 70.6 cm³/mol. The number of nitro benzene ring substituents is 1. The van der Waals surface area contributed by atoms with Crippen molar-refractivity contribution in [3.8, 4) is 0 Å². The van der Waals surface area contributed by atoms with E-state index in [1.54, 1.807) is 6.07 Å². The van der Waals surface area contributed by atoms with Gasteiger partial charge in [0.25, 0.3) is 5.69 Å². The molecule has 0 aromatic heterocycles. The molecule has 2 heterocycles. The number of quaternary nitrogens is 1. The van der Waals surface area contributed by atoms with E-state index >= 15 is 0 Å². The molecule has 0 aliphatic carbocycles. The third-order valence-corrected chi connectivity index (χ3v) is 4.04. The molecule has 100 valence electrons. The van der Waals surface area contributed by atoms with Gasteiger partial charge < -0.3 is 0 Å². The first kappa shape index (κ1) is 12.1. The van der Waals surface area contributed by atoms with Crippen LogP contribution >= 0.6 is 0 Å². The Morgan fingerprint density at radius 2 is 1.84 bits per heavy atom. The maximum atomic E-state index is 12.1. The number of nitrogens with one attached hydrogen (secondary N) is 1. The van der Waals surface area contributed by atoms with Gasteiger partial charge in [-0.15, -0.1) is 0 Å². The Kier molecular flexibility index (Phi) is 2.74. The van der Waals surface area contributed by atoms with E-state index in [0.29, 0.717) is 10.2 Å². The zero-order valence-corrected chi connectivity index (χ0v) is 10.6. The number of hydrogen-bond acceptors (Lipinski definition) is 3. The van der Waals surface area contributed by atoms with Gasteiger partial charge in [0.1, 0.15) is 18.7 Å². The fourth-order valence-corrected chi connectivity index (χ4v) is 3.09. The molecule has 1 spiro atoms. The van der Waals surface area contributed by atoms with Gasteiger partial charge in [0.15, 0.2) is 5.69 Å². The van der Waals surface area contributed by atoms with Crippen molar-refractivity contribution in [1.29, 1.82) is 0 Å². The summed E-state index contributed by atoms with van der Waals surface area (Å²) in [5.41, 5.74) is 4.33. The van der Waals surface area contributed by atoms with Gasteiger partial charge in [-0.2, -0.15) is 10.0 Å². The Morgan fingerprint density at radius 3 is 2.47 bits per heavy atom. The number of nitro groups is 1. The summed E-state index contributed by atoms with van der Waals surface area (Å²) in [5, 5.41) is 10.8. The first-order valence-corrected chi connectivity index (χ1v) is 6.61. The summed E-state index contributed by atoms with van der Waals surface area (Å²) in [7, 11) is 0. The molecule has 6 heteroatoms. The number of hydrogen-bond donors (Lipinski definition) is 1. The second kappa shape index (κ2) is 4.31. The molecule has 1 amide bonds. The zero-order valence-electron chi connectivity index (χ0n) is 10.6. The van der Waals surface area contributed by atoms with E-state index in [4.69, 9.17) is 0 Å². The van der Waals surface area contributed by atoms with Crippen LogP contribution in [0, 0.1) is 10.1 Å². The Morgan fingerprint density at radius 1 is 1.16 bits per heavy atom. The number of carbonyl (C=O) groups excluding carboxylic acids is 1. The number of nitrogens with zero attached hydrogens (tertiary/aromatic N) is 2. The number of non-ortho nitro benzene ring substituents is 1. The number of carbonyl (C=O) groups is 1. The van der Waals surface area contributed by atoms with E-state index in [1.807, 2.05) is 0 Å². The van der Waals surface area contributed by atoms with Crippen molar-refractivity contribution in [1.82, 2.24) is 10.0 Å². The number of amides is 1. The lowest BCUT2D eigenvalue weighted by atomic mass is 10.1. The summed E-state index contributed by atoms with van der Waals surface area (Å²) in [6, 6.07) is 4.61. The molecule has 0 atom stereocenters. The zero-order chi connectivity index (χ0) is 13.5. The average Bonchev–Trinajstić information content (AvgIpc) is 2.56. The Balaban J connectivity index is 2.06. The summed E-state index contributed by atoms with van der Waals surface area (Å²) in [4.78, 5) is 22.4. The van der Waals surface area contributed by atoms with Gasteiger partial charge in [0, 0.05) is 18.2 Å². The molecular weight excluding hydrogens is 246 g/mol. The number of fused-ring (bicyclic) bond motifs is 2. The molecular formula is C13H16N3O3+. The SMILES string of the molecule is O=C1N[N+]2(CCCCCC2)c2ccc([N+](=O)[O-])cc21. The molecule has 1 N–H and O–H groups in total. The topological polar surface area (TPSA) is 72.2 Å². The monoisotopic (exact) mass is 262 g/mol. The van der Waals surface area contributed by atoms with Crippen LogP contribution in [0.25, 0.3) is 0 Å².